The molecule has 0 spiro atoms. The van der Waals surface area contributed by atoms with Crippen LogP contribution in [-0.4, -0.2) is 38.9 Å². The normalized spacial score (nSPS) is 21.1. The number of nitrogens with two attached hydrogens (primary N) is 1. The third-order valence-electron chi connectivity index (χ3n) is 3.64. The van der Waals surface area contributed by atoms with E-state index in [1.54, 1.807) is 4.31 Å². The summed E-state index contributed by atoms with van der Waals surface area (Å²) in [7, 11) is -3.26. The minimum Gasteiger partial charge on any atom is -0.330 e. The molecule has 1 rings (SSSR count). The molecule has 1 fully saturated rings. The Morgan fingerprint density at radius 3 is 2.56 bits per heavy atom. The van der Waals surface area contributed by atoms with Crippen molar-refractivity contribution in [3.05, 3.63) is 0 Å². The molecule has 1 saturated heterocycles. The fourth-order valence-electron chi connectivity index (χ4n) is 2.09. The Bertz CT molecular complexity index is 324. The smallest absolute Gasteiger partial charge is 0.279 e. The maximum absolute atomic E-state index is 12.0. The first-order valence-electron chi connectivity index (χ1n) is 6.90. The molecule has 0 aromatic rings. The van der Waals surface area contributed by atoms with E-state index in [0.29, 0.717) is 38.0 Å². The Morgan fingerprint density at radius 1 is 1.39 bits per heavy atom. The summed E-state index contributed by atoms with van der Waals surface area (Å²) >= 11 is 0. The van der Waals surface area contributed by atoms with Crippen LogP contribution in [0.2, 0.25) is 0 Å². The molecule has 1 atom stereocenters. The molecule has 108 valence electrons. The van der Waals surface area contributed by atoms with Gasteiger partial charge in [-0.25, -0.2) is 4.72 Å². The fraction of sp³-hybridized carbons (Fsp3) is 1.00. The van der Waals surface area contributed by atoms with Crippen molar-refractivity contribution < 1.29 is 8.42 Å². The van der Waals surface area contributed by atoms with E-state index in [1.165, 1.54) is 0 Å². The van der Waals surface area contributed by atoms with Crippen molar-refractivity contribution in [3.8, 4) is 0 Å². The highest BCUT2D eigenvalue weighted by Gasteiger charge is 2.25. The van der Waals surface area contributed by atoms with E-state index in [0.717, 1.165) is 25.7 Å². The van der Waals surface area contributed by atoms with Gasteiger partial charge in [0.25, 0.3) is 10.2 Å². The number of hydrogen-bond donors (Lipinski definition) is 2. The van der Waals surface area contributed by atoms with Gasteiger partial charge in [-0.1, -0.05) is 13.8 Å². The first kappa shape index (κ1) is 15.9. The largest absolute Gasteiger partial charge is 0.330 e. The number of hydrogen-bond acceptors (Lipinski definition) is 3. The Kier molecular flexibility index (Phi) is 6.55. The lowest BCUT2D eigenvalue weighted by atomic mass is 10.0. The second kappa shape index (κ2) is 7.43. The molecule has 18 heavy (non-hydrogen) atoms. The molecular formula is C12H27N3O2S. The van der Waals surface area contributed by atoms with Gasteiger partial charge in [-0.2, -0.15) is 12.7 Å². The van der Waals surface area contributed by atoms with E-state index in [4.69, 9.17) is 5.73 Å². The molecule has 1 aliphatic rings. The minimum atomic E-state index is -3.26. The minimum absolute atomic E-state index is 0.463. The van der Waals surface area contributed by atoms with Crippen molar-refractivity contribution in [2.45, 2.75) is 39.5 Å². The molecule has 0 aliphatic carbocycles. The van der Waals surface area contributed by atoms with Crippen molar-refractivity contribution in [2.24, 2.45) is 17.6 Å². The van der Waals surface area contributed by atoms with E-state index in [9.17, 15) is 8.42 Å². The van der Waals surface area contributed by atoms with Gasteiger partial charge in [0.1, 0.15) is 0 Å². The zero-order chi connectivity index (χ0) is 13.6. The number of piperidine rings is 1. The van der Waals surface area contributed by atoms with Crippen molar-refractivity contribution >= 4 is 10.2 Å². The Hall–Kier alpha value is -0.170. The van der Waals surface area contributed by atoms with Gasteiger partial charge in [0.05, 0.1) is 0 Å². The number of rotatable bonds is 7. The summed E-state index contributed by atoms with van der Waals surface area (Å²) in [5, 5.41) is 0. The van der Waals surface area contributed by atoms with Crippen LogP contribution < -0.4 is 10.5 Å². The van der Waals surface area contributed by atoms with E-state index in [1.807, 2.05) is 0 Å². The van der Waals surface area contributed by atoms with Gasteiger partial charge < -0.3 is 5.73 Å². The second-order valence-corrected chi connectivity index (χ2v) is 7.22. The van der Waals surface area contributed by atoms with E-state index < -0.39 is 10.2 Å². The third kappa shape index (κ3) is 5.22. The molecule has 0 aromatic heterocycles. The summed E-state index contributed by atoms with van der Waals surface area (Å²) in [4.78, 5) is 0. The molecule has 5 nitrogen and oxygen atoms in total. The molecule has 1 heterocycles. The van der Waals surface area contributed by atoms with Crippen LogP contribution in [0, 0.1) is 11.8 Å². The molecule has 1 aliphatic heterocycles. The quantitative estimate of drug-likeness (QED) is 0.680. The third-order valence-corrected chi connectivity index (χ3v) is 5.26. The first-order chi connectivity index (χ1) is 8.45. The van der Waals surface area contributed by atoms with Crippen molar-refractivity contribution in [2.75, 3.05) is 26.2 Å². The van der Waals surface area contributed by atoms with Gasteiger partial charge in [-0.05, 0) is 44.1 Å². The molecule has 0 radical (unpaired) electrons. The predicted molar refractivity (Wildman–Crippen MR) is 74.3 cm³/mol. The average molecular weight is 277 g/mol. The van der Waals surface area contributed by atoms with Crippen molar-refractivity contribution in [3.63, 3.8) is 0 Å². The topological polar surface area (TPSA) is 75.4 Å². The predicted octanol–water partition coefficient (Wildman–Crippen LogP) is 0.928. The number of nitrogens with zero attached hydrogens (tertiary/aromatic N) is 1. The Morgan fingerprint density at radius 2 is 2.00 bits per heavy atom. The summed E-state index contributed by atoms with van der Waals surface area (Å²) in [6.45, 7) is 6.73. The Balaban J connectivity index is 2.27. The summed E-state index contributed by atoms with van der Waals surface area (Å²) in [5.74, 6) is 1.10. The Labute approximate surface area is 111 Å². The molecule has 3 N–H and O–H groups in total. The van der Waals surface area contributed by atoms with Crippen LogP contribution in [0.15, 0.2) is 0 Å². The lowest BCUT2D eigenvalue weighted by Crippen LogP contribution is -2.45. The summed E-state index contributed by atoms with van der Waals surface area (Å²) in [5.41, 5.74) is 5.52. The fourth-order valence-corrected chi connectivity index (χ4v) is 3.36. The summed E-state index contributed by atoms with van der Waals surface area (Å²) in [6.07, 6.45) is 3.74. The summed E-state index contributed by atoms with van der Waals surface area (Å²) < 4.78 is 28.2. The standard InChI is InChI=1S/C12H27N3O2S/c1-11-5-8-15(9-6-11)18(16,17)14-7-3-4-12(2)10-13/h11-12,14H,3-10,13H2,1-2H3. The lowest BCUT2D eigenvalue weighted by Gasteiger charge is -2.29. The maximum Gasteiger partial charge on any atom is 0.279 e. The summed E-state index contributed by atoms with van der Waals surface area (Å²) in [6, 6.07) is 0. The zero-order valence-corrected chi connectivity index (χ0v) is 12.4. The molecule has 0 bridgehead atoms. The van der Waals surface area contributed by atoms with Crippen LogP contribution in [0.1, 0.15) is 39.5 Å². The molecule has 1 unspecified atom stereocenters. The average Bonchev–Trinajstić information content (AvgIpc) is 2.35. The van der Waals surface area contributed by atoms with Crippen LogP contribution in [0.3, 0.4) is 0 Å². The maximum atomic E-state index is 12.0. The van der Waals surface area contributed by atoms with Crippen molar-refractivity contribution in [1.82, 2.24) is 9.03 Å². The van der Waals surface area contributed by atoms with E-state index in [-0.39, 0.29) is 0 Å². The van der Waals surface area contributed by atoms with E-state index in [2.05, 4.69) is 18.6 Å². The number of nitrogens with one attached hydrogen (secondary N) is 1. The van der Waals surface area contributed by atoms with Gasteiger partial charge in [0.15, 0.2) is 0 Å². The molecule has 0 aromatic carbocycles. The van der Waals surface area contributed by atoms with E-state index >= 15 is 0 Å². The van der Waals surface area contributed by atoms with Gasteiger partial charge in [-0.3, -0.25) is 0 Å². The van der Waals surface area contributed by atoms with Crippen LogP contribution in [0.4, 0.5) is 0 Å². The molecular weight excluding hydrogens is 250 g/mol. The van der Waals surface area contributed by atoms with Crippen molar-refractivity contribution in [1.29, 1.82) is 0 Å². The SMILES string of the molecule is CC(CN)CCCNS(=O)(=O)N1CCC(C)CC1. The van der Waals surface area contributed by atoms with Gasteiger partial charge >= 0.3 is 0 Å². The van der Waals surface area contributed by atoms with Gasteiger partial charge in [0, 0.05) is 19.6 Å². The van der Waals surface area contributed by atoms with Gasteiger partial charge in [0.2, 0.25) is 0 Å². The van der Waals surface area contributed by atoms with Gasteiger partial charge in [-0.15, -0.1) is 0 Å². The zero-order valence-electron chi connectivity index (χ0n) is 11.6. The molecule has 0 saturated carbocycles. The van der Waals surface area contributed by atoms with Crippen LogP contribution >= 0.6 is 0 Å². The monoisotopic (exact) mass is 277 g/mol. The van der Waals surface area contributed by atoms with Crippen LogP contribution in [0.5, 0.6) is 0 Å². The molecule has 6 heteroatoms. The highest BCUT2D eigenvalue weighted by atomic mass is 32.2. The first-order valence-corrected chi connectivity index (χ1v) is 8.34. The van der Waals surface area contributed by atoms with Crippen LogP contribution in [-0.2, 0) is 10.2 Å². The highest BCUT2D eigenvalue weighted by molar-refractivity contribution is 7.87. The molecule has 0 amide bonds. The van der Waals surface area contributed by atoms with Crippen LogP contribution in [0.25, 0.3) is 0 Å². The second-order valence-electron chi connectivity index (χ2n) is 5.46. The lowest BCUT2D eigenvalue weighted by molar-refractivity contribution is 0.285. The highest BCUT2D eigenvalue weighted by Crippen LogP contribution is 2.17.